The normalized spacial score (nSPS) is 20.5. The Bertz CT molecular complexity index is 977. The lowest BCUT2D eigenvalue weighted by Gasteiger charge is -2.39. The van der Waals surface area contributed by atoms with Gasteiger partial charge in [0.15, 0.2) is 5.41 Å². The van der Waals surface area contributed by atoms with E-state index in [1.165, 1.54) is 13.0 Å². The van der Waals surface area contributed by atoms with Crippen LogP contribution in [0.3, 0.4) is 0 Å². The molecule has 0 aromatic heterocycles. The van der Waals surface area contributed by atoms with Crippen LogP contribution in [0.25, 0.3) is 0 Å². The molecular weight excluding hydrogens is 376 g/mol. The summed E-state index contributed by atoms with van der Waals surface area (Å²) < 4.78 is 15.8. The number of para-hydroxylation sites is 1. The molecule has 1 atom stereocenters. The van der Waals surface area contributed by atoms with Crippen LogP contribution >= 0.6 is 0 Å². The highest BCUT2D eigenvalue weighted by molar-refractivity contribution is 6.16. The molecule has 1 spiro atoms. The van der Waals surface area contributed by atoms with Crippen LogP contribution in [0.4, 0.5) is 5.69 Å². The first-order valence-electron chi connectivity index (χ1n) is 9.04. The van der Waals surface area contributed by atoms with Crippen molar-refractivity contribution in [3.63, 3.8) is 0 Å². The number of benzene rings is 1. The third kappa shape index (κ3) is 2.79. The summed E-state index contributed by atoms with van der Waals surface area (Å²) in [6.45, 7) is 6.61. The molecule has 0 fully saturated rings. The van der Waals surface area contributed by atoms with Crippen LogP contribution in [-0.4, -0.2) is 38.2 Å². The minimum atomic E-state index is -1.89. The van der Waals surface area contributed by atoms with Gasteiger partial charge < -0.3 is 24.8 Å². The molecule has 8 nitrogen and oxygen atoms in total. The highest BCUT2D eigenvalue weighted by atomic mass is 16.6. The molecule has 0 aliphatic carbocycles. The van der Waals surface area contributed by atoms with Crippen molar-refractivity contribution in [2.24, 2.45) is 5.73 Å². The first-order valence-corrected chi connectivity index (χ1v) is 9.04. The van der Waals surface area contributed by atoms with Crippen molar-refractivity contribution in [3.05, 3.63) is 65.2 Å². The number of hydrogen-bond donors (Lipinski definition) is 1. The molecule has 2 N–H and O–H groups in total. The monoisotopic (exact) mass is 398 g/mol. The lowest BCUT2D eigenvalue weighted by molar-refractivity contribution is -0.147. The highest BCUT2D eigenvalue weighted by Crippen LogP contribution is 2.53. The number of rotatable bonds is 5. The second-order valence-electron chi connectivity index (χ2n) is 6.51. The molecule has 1 aromatic carbocycles. The first-order chi connectivity index (χ1) is 13.8. The van der Waals surface area contributed by atoms with Crippen molar-refractivity contribution in [1.82, 2.24) is 0 Å². The quantitative estimate of drug-likeness (QED) is 0.453. The van der Waals surface area contributed by atoms with Crippen LogP contribution in [-0.2, 0) is 34.0 Å². The van der Waals surface area contributed by atoms with E-state index in [1.54, 1.807) is 43.1 Å². The maximum Gasteiger partial charge on any atom is 0.339 e. The summed E-state index contributed by atoms with van der Waals surface area (Å²) in [7, 11) is 1.66. The Morgan fingerprint density at radius 1 is 1.24 bits per heavy atom. The van der Waals surface area contributed by atoms with Crippen molar-refractivity contribution in [1.29, 1.82) is 0 Å². The molecule has 0 saturated heterocycles. The summed E-state index contributed by atoms with van der Waals surface area (Å²) in [5, 5.41) is 0. The van der Waals surface area contributed by atoms with Crippen LogP contribution in [0.2, 0.25) is 0 Å². The summed E-state index contributed by atoms with van der Waals surface area (Å²) in [4.78, 5) is 40.8. The van der Waals surface area contributed by atoms with Gasteiger partial charge in [0.2, 0.25) is 0 Å². The maximum absolute atomic E-state index is 13.3. The first kappa shape index (κ1) is 20.2. The lowest BCUT2D eigenvalue weighted by Crippen LogP contribution is -2.50. The maximum atomic E-state index is 13.3. The molecular formula is C21H22N2O6. The van der Waals surface area contributed by atoms with Gasteiger partial charge in [0.1, 0.15) is 29.3 Å². The van der Waals surface area contributed by atoms with E-state index in [4.69, 9.17) is 19.9 Å². The number of allylic oxidation sites excluding steroid dienone is 1. The molecule has 1 aromatic rings. The minimum absolute atomic E-state index is 0.0113. The summed E-state index contributed by atoms with van der Waals surface area (Å²) in [6.07, 6.45) is 1.40. The molecule has 3 rings (SSSR count). The van der Waals surface area contributed by atoms with Crippen molar-refractivity contribution in [2.45, 2.75) is 19.3 Å². The predicted molar refractivity (Wildman–Crippen MR) is 104 cm³/mol. The highest BCUT2D eigenvalue weighted by Gasteiger charge is 2.63. The summed E-state index contributed by atoms with van der Waals surface area (Å²) in [5.41, 5.74) is 5.07. The fourth-order valence-electron chi connectivity index (χ4n) is 3.78. The number of carbonyl (C=O) groups is 3. The molecule has 2 aliphatic rings. The second kappa shape index (κ2) is 7.46. The number of anilines is 1. The van der Waals surface area contributed by atoms with E-state index in [2.05, 4.69) is 6.58 Å². The Morgan fingerprint density at radius 2 is 1.90 bits per heavy atom. The van der Waals surface area contributed by atoms with Gasteiger partial charge in [0, 0.05) is 18.3 Å². The topological polar surface area (TPSA) is 108 Å². The number of ether oxygens (including phenoxy) is 3. The van der Waals surface area contributed by atoms with E-state index in [9.17, 15) is 14.4 Å². The average Bonchev–Trinajstić information content (AvgIpc) is 2.95. The lowest BCUT2D eigenvalue weighted by atomic mass is 9.66. The van der Waals surface area contributed by atoms with Gasteiger partial charge in [-0.2, -0.15) is 0 Å². The number of hydrogen-bond acceptors (Lipinski definition) is 8. The molecule has 29 heavy (non-hydrogen) atoms. The van der Waals surface area contributed by atoms with Gasteiger partial charge in [-0.1, -0.05) is 30.9 Å². The number of esters is 3. The van der Waals surface area contributed by atoms with Crippen LogP contribution in [0.5, 0.6) is 0 Å². The van der Waals surface area contributed by atoms with Crippen LogP contribution in [0.15, 0.2) is 59.6 Å². The number of cyclic esters (lactones) is 1. The zero-order valence-corrected chi connectivity index (χ0v) is 16.5. The van der Waals surface area contributed by atoms with Crippen molar-refractivity contribution in [2.75, 3.05) is 25.2 Å². The van der Waals surface area contributed by atoms with Gasteiger partial charge in [0.25, 0.3) is 0 Å². The molecule has 0 bridgehead atoms. The van der Waals surface area contributed by atoms with Crippen molar-refractivity contribution >= 4 is 23.6 Å². The standard InChI is InChI=1S/C21H22N2O6/c1-5-11-28-18(24)15-12(3)29-20(26)21(15)13-9-7-8-10-14(13)23(4)17(22)16(21)19(25)27-6-2/h5,7-10H,1,6,11,22H2,2-4H3/t21-/m1/s1. The van der Waals surface area contributed by atoms with E-state index >= 15 is 0 Å². The summed E-state index contributed by atoms with van der Waals surface area (Å²) in [5.74, 6) is -2.40. The fourth-order valence-corrected chi connectivity index (χ4v) is 3.78. The minimum Gasteiger partial charge on any atom is -0.462 e. The number of nitrogens with two attached hydrogens (primary N) is 1. The molecule has 152 valence electrons. The van der Waals surface area contributed by atoms with Gasteiger partial charge in [-0.05, 0) is 19.9 Å². The zero-order valence-electron chi connectivity index (χ0n) is 16.5. The smallest absolute Gasteiger partial charge is 0.339 e. The molecule has 2 aliphatic heterocycles. The fraction of sp³-hybridized carbons (Fsp3) is 0.286. The van der Waals surface area contributed by atoms with E-state index in [1.807, 2.05) is 0 Å². The largest absolute Gasteiger partial charge is 0.462 e. The summed E-state index contributed by atoms with van der Waals surface area (Å²) in [6, 6.07) is 6.85. The zero-order chi connectivity index (χ0) is 21.3. The van der Waals surface area contributed by atoms with Gasteiger partial charge in [0.05, 0.1) is 6.61 Å². The molecule has 0 amide bonds. The van der Waals surface area contributed by atoms with Crippen LogP contribution in [0, 0.1) is 0 Å². The second-order valence-corrected chi connectivity index (χ2v) is 6.51. The Hall–Kier alpha value is -3.55. The number of nitrogens with zero attached hydrogens (tertiary/aromatic N) is 1. The molecule has 0 radical (unpaired) electrons. The number of carbonyl (C=O) groups excluding carboxylic acids is 3. The molecule has 0 unspecified atom stereocenters. The average molecular weight is 398 g/mol. The molecule has 2 heterocycles. The SMILES string of the molecule is C=CCOC(=O)C1=C(C)OC(=O)[C@@]12C(C(=O)OCC)=C(N)N(C)c1ccccc12. The van der Waals surface area contributed by atoms with E-state index in [-0.39, 0.29) is 35.9 Å². The Labute approximate surface area is 168 Å². The van der Waals surface area contributed by atoms with Gasteiger partial charge in [-0.3, -0.25) is 0 Å². The van der Waals surface area contributed by atoms with E-state index in [0.29, 0.717) is 11.3 Å². The Balaban J connectivity index is 2.38. The van der Waals surface area contributed by atoms with Crippen molar-refractivity contribution in [3.8, 4) is 0 Å². The third-order valence-electron chi connectivity index (χ3n) is 4.96. The number of fused-ring (bicyclic) bond motifs is 2. The van der Waals surface area contributed by atoms with Crippen LogP contribution < -0.4 is 10.6 Å². The van der Waals surface area contributed by atoms with Gasteiger partial charge >= 0.3 is 17.9 Å². The molecule has 8 heteroatoms. The Morgan fingerprint density at radius 3 is 2.55 bits per heavy atom. The third-order valence-corrected chi connectivity index (χ3v) is 4.96. The van der Waals surface area contributed by atoms with E-state index in [0.717, 1.165) is 0 Å². The predicted octanol–water partition coefficient (Wildman–Crippen LogP) is 1.67. The Kier molecular flexibility index (Phi) is 5.19. The van der Waals surface area contributed by atoms with Gasteiger partial charge in [-0.15, -0.1) is 0 Å². The molecule has 0 saturated carbocycles. The van der Waals surface area contributed by atoms with E-state index < -0.39 is 23.3 Å². The summed E-state index contributed by atoms with van der Waals surface area (Å²) >= 11 is 0. The van der Waals surface area contributed by atoms with Crippen LogP contribution in [0.1, 0.15) is 19.4 Å². The van der Waals surface area contributed by atoms with Crippen molar-refractivity contribution < 1.29 is 28.6 Å². The van der Waals surface area contributed by atoms with Gasteiger partial charge in [-0.25, -0.2) is 14.4 Å².